The second-order valence-corrected chi connectivity index (χ2v) is 11.4. The van der Waals surface area contributed by atoms with Crippen LogP contribution < -0.4 is 9.46 Å². The molecule has 1 saturated carbocycles. The van der Waals surface area contributed by atoms with E-state index in [-0.39, 0.29) is 17.8 Å². The number of rotatable bonds is 7. The maximum absolute atomic E-state index is 13.7. The molecule has 2 aliphatic heterocycles. The van der Waals surface area contributed by atoms with E-state index >= 15 is 0 Å². The summed E-state index contributed by atoms with van der Waals surface area (Å²) < 4.78 is 55.1. The van der Waals surface area contributed by atoms with Gasteiger partial charge < -0.3 is 14.4 Å². The van der Waals surface area contributed by atoms with Crippen LogP contribution in [0.1, 0.15) is 27.9 Å². The lowest BCUT2D eigenvalue weighted by Crippen LogP contribution is -2.35. The molecule has 35 heavy (non-hydrogen) atoms. The summed E-state index contributed by atoms with van der Waals surface area (Å²) in [6.45, 7) is 5.22. The normalized spacial score (nSPS) is 26.0. The molecule has 3 fully saturated rings. The standard InChI is InChI=1S/C25H30FN3O5S/c1-15-7-19(26)8-16(2)24(15)25(30)28-13-22(33-3)23(14-28)34-21-6-4-5-20(10-21)27-35(31,32)29-11-17-9-18(17)12-29/h4-8,10,17-18,22-23,27H,9,11-14H2,1-3H3/t17?,18?,22-,23-/m1/s1. The lowest BCUT2D eigenvalue weighted by molar-refractivity contribution is 0.0340. The SMILES string of the molecule is CO[C@@H]1CN(C(=O)c2c(C)cc(F)cc2C)C[C@H]1Oc1cccc(NS(=O)(=O)N2CC3CC3C2)c1. The van der Waals surface area contributed by atoms with Gasteiger partial charge in [-0.05, 0) is 67.5 Å². The zero-order valence-corrected chi connectivity index (χ0v) is 20.8. The monoisotopic (exact) mass is 503 g/mol. The second-order valence-electron chi connectivity index (χ2n) is 9.76. The maximum atomic E-state index is 13.7. The molecule has 188 valence electrons. The van der Waals surface area contributed by atoms with Gasteiger partial charge in [0.25, 0.3) is 5.91 Å². The van der Waals surface area contributed by atoms with E-state index < -0.39 is 16.3 Å². The summed E-state index contributed by atoms with van der Waals surface area (Å²) in [5.41, 5.74) is 2.07. The molecule has 0 bridgehead atoms. The number of methoxy groups -OCH3 is 1. The number of benzene rings is 2. The third-order valence-corrected chi connectivity index (χ3v) is 8.64. The quantitative estimate of drug-likeness (QED) is 0.628. The number of halogens is 1. The van der Waals surface area contributed by atoms with Gasteiger partial charge in [-0.25, -0.2) is 4.39 Å². The molecule has 2 aromatic carbocycles. The van der Waals surface area contributed by atoms with E-state index in [1.165, 1.54) is 16.4 Å². The predicted molar refractivity (Wildman–Crippen MR) is 129 cm³/mol. The smallest absolute Gasteiger partial charge is 0.301 e. The fourth-order valence-electron chi connectivity index (χ4n) is 5.23. The fourth-order valence-corrected chi connectivity index (χ4v) is 6.56. The number of hydrogen-bond acceptors (Lipinski definition) is 5. The molecule has 1 aliphatic carbocycles. The highest BCUT2D eigenvalue weighted by molar-refractivity contribution is 7.90. The number of carbonyl (C=O) groups excluding carboxylic acids is 1. The summed E-state index contributed by atoms with van der Waals surface area (Å²) in [7, 11) is -2.05. The number of amides is 1. The largest absolute Gasteiger partial charge is 0.486 e. The lowest BCUT2D eigenvalue weighted by atomic mass is 10.0. The average Bonchev–Trinajstić information content (AvgIpc) is 3.19. The molecule has 2 unspecified atom stereocenters. The van der Waals surface area contributed by atoms with E-state index in [0.717, 1.165) is 6.42 Å². The number of likely N-dealkylation sites (tertiary alicyclic amines) is 1. The summed E-state index contributed by atoms with van der Waals surface area (Å²) >= 11 is 0. The van der Waals surface area contributed by atoms with E-state index in [0.29, 0.717) is 66.1 Å². The maximum Gasteiger partial charge on any atom is 0.301 e. The fraction of sp³-hybridized carbons (Fsp3) is 0.480. The van der Waals surface area contributed by atoms with Gasteiger partial charge in [0.05, 0.1) is 18.8 Å². The first-order chi connectivity index (χ1) is 16.6. The van der Waals surface area contributed by atoms with E-state index in [1.54, 1.807) is 50.1 Å². The number of anilines is 1. The van der Waals surface area contributed by atoms with Gasteiger partial charge in [-0.1, -0.05) is 6.07 Å². The Kier molecular flexibility index (Phi) is 6.23. The Balaban J connectivity index is 1.27. The third-order valence-electron chi connectivity index (χ3n) is 7.17. The Morgan fingerprint density at radius 2 is 1.69 bits per heavy atom. The van der Waals surface area contributed by atoms with Crippen LogP contribution in [0.15, 0.2) is 36.4 Å². The molecule has 10 heteroatoms. The van der Waals surface area contributed by atoms with E-state index in [1.807, 2.05) is 0 Å². The van der Waals surface area contributed by atoms with Crippen molar-refractivity contribution in [1.29, 1.82) is 0 Å². The summed E-state index contributed by atoms with van der Waals surface area (Å²) in [5, 5.41) is 0. The minimum atomic E-state index is -3.61. The van der Waals surface area contributed by atoms with Crippen molar-refractivity contribution >= 4 is 21.8 Å². The highest BCUT2D eigenvalue weighted by Crippen LogP contribution is 2.45. The molecular weight excluding hydrogens is 473 g/mol. The Morgan fingerprint density at radius 3 is 2.34 bits per heavy atom. The van der Waals surface area contributed by atoms with Crippen LogP contribution in [0.5, 0.6) is 5.75 Å². The van der Waals surface area contributed by atoms with Crippen molar-refractivity contribution in [2.24, 2.45) is 11.8 Å². The van der Waals surface area contributed by atoms with Gasteiger partial charge in [-0.3, -0.25) is 9.52 Å². The van der Waals surface area contributed by atoms with E-state index in [2.05, 4.69) is 4.72 Å². The van der Waals surface area contributed by atoms with Crippen molar-refractivity contribution in [3.63, 3.8) is 0 Å². The molecule has 2 heterocycles. The van der Waals surface area contributed by atoms with Crippen molar-refractivity contribution < 1.29 is 27.1 Å². The Morgan fingerprint density at radius 1 is 1.03 bits per heavy atom. The van der Waals surface area contributed by atoms with Gasteiger partial charge in [-0.15, -0.1) is 0 Å². The summed E-state index contributed by atoms with van der Waals surface area (Å²) in [5.74, 6) is 0.916. The molecule has 5 rings (SSSR count). The van der Waals surface area contributed by atoms with Crippen molar-refractivity contribution in [1.82, 2.24) is 9.21 Å². The molecule has 8 nitrogen and oxygen atoms in total. The molecule has 3 aliphatic rings. The number of carbonyl (C=O) groups is 1. The van der Waals surface area contributed by atoms with Crippen molar-refractivity contribution in [3.8, 4) is 5.75 Å². The minimum absolute atomic E-state index is 0.196. The van der Waals surface area contributed by atoms with Gasteiger partial charge in [0.2, 0.25) is 0 Å². The highest BCUT2D eigenvalue weighted by atomic mass is 32.2. The zero-order valence-electron chi connectivity index (χ0n) is 20.0. The van der Waals surface area contributed by atoms with Crippen LogP contribution in [0.4, 0.5) is 10.1 Å². The van der Waals surface area contributed by atoms with Crippen LogP contribution in [-0.2, 0) is 14.9 Å². The van der Waals surface area contributed by atoms with Gasteiger partial charge in [0, 0.05) is 31.8 Å². The molecular formula is C25H30FN3O5S. The Hall–Kier alpha value is -2.69. The molecule has 0 spiro atoms. The second kappa shape index (κ2) is 9.07. The van der Waals surface area contributed by atoms with Crippen molar-refractivity contribution in [3.05, 3.63) is 58.9 Å². The van der Waals surface area contributed by atoms with Crippen LogP contribution in [0, 0.1) is 31.5 Å². The topological polar surface area (TPSA) is 88.2 Å². The van der Waals surface area contributed by atoms with Gasteiger partial charge >= 0.3 is 10.2 Å². The first-order valence-corrected chi connectivity index (χ1v) is 13.2. The van der Waals surface area contributed by atoms with Crippen LogP contribution >= 0.6 is 0 Å². The number of piperidine rings is 1. The number of hydrogen-bond donors (Lipinski definition) is 1. The summed E-state index contributed by atoms with van der Waals surface area (Å²) in [4.78, 5) is 14.9. The van der Waals surface area contributed by atoms with E-state index in [4.69, 9.17) is 9.47 Å². The molecule has 1 amide bonds. The lowest BCUT2D eigenvalue weighted by Gasteiger charge is -2.21. The molecule has 4 atom stereocenters. The molecule has 0 aromatic heterocycles. The number of nitrogens with one attached hydrogen (secondary N) is 1. The average molecular weight is 504 g/mol. The highest BCUT2D eigenvalue weighted by Gasteiger charge is 2.48. The van der Waals surface area contributed by atoms with Gasteiger partial charge in [-0.2, -0.15) is 12.7 Å². The first-order valence-electron chi connectivity index (χ1n) is 11.8. The van der Waals surface area contributed by atoms with Crippen LogP contribution in [0.2, 0.25) is 0 Å². The molecule has 0 radical (unpaired) electrons. The van der Waals surface area contributed by atoms with Crippen LogP contribution in [0.25, 0.3) is 0 Å². The van der Waals surface area contributed by atoms with Gasteiger partial charge in [0.1, 0.15) is 23.8 Å². The Labute approximate surface area is 205 Å². The predicted octanol–water partition coefficient (Wildman–Crippen LogP) is 2.97. The number of fused-ring (bicyclic) bond motifs is 1. The first kappa shape index (κ1) is 24.0. The van der Waals surface area contributed by atoms with Gasteiger partial charge in [0.15, 0.2) is 0 Å². The Bertz CT molecular complexity index is 1220. The minimum Gasteiger partial charge on any atom is -0.486 e. The zero-order chi connectivity index (χ0) is 24.9. The number of aryl methyl sites for hydroxylation is 2. The van der Waals surface area contributed by atoms with Crippen LogP contribution in [0.3, 0.4) is 0 Å². The van der Waals surface area contributed by atoms with Crippen molar-refractivity contribution in [2.75, 3.05) is 38.0 Å². The summed E-state index contributed by atoms with van der Waals surface area (Å²) in [6.07, 6.45) is 0.316. The molecule has 2 saturated heterocycles. The molecule has 1 N–H and O–H groups in total. The van der Waals surface area contributed by atoms with Crippen molar-refractivity contribution in [2.45, 2.75) is 32.5 Å². The van der Waals surface area contributed by atoms with E-state index in [9.17, 15) is 17.6 Å². The summed E-state index contributed by atoms with van der Waals surface area (Å²) in [6, 6.07) is 9.50. The van der Waals surface area contributed by atoms with Crippen LogP contribution in [-0.4, -0.2) is 69.0 Å². The number of nitrogens with zero attached hydrogens (tertiary/aromatic N) is 2. The number of ether oxygens (including phenoxy) is 2. The molecule has 2 aromatic rings. The third kappa shape index (κ3) is 4.87.